The molecule has 1 aliphatic rings. The van der Waals surface area contributed by atoms with Crippen LogP contribution in [0.5, 0.6) is 0 Å². The molecule has 0 radical (unpaired) electrons. The molecule has 4 heteroatoms. The molecule has 1 aromatic rings. The van der Waals surface area contributed by atoms with E-state index < -0.39 is 0 Å². The summed E-state index contributed by atoms with van der Waals surface area (Å²) in [5.74, 6) is 0. The summed E-state index contributed by atoms with van der Waals surface area (Å²) in [4.78, 5) is 0. The number of aromatic nitrogens is 2. The number of hydrogen-bond acceptors (Lipinski definition) is 3. The van der Waals surface area contributed by atoms with Gasteiger partial charge in [-0.25, -0.2) is 0 Å². The van der Waals surface area contributed by atoms with E-state index in [1.165, 1.54) is 12.8 Å². The second-order valence-electron chi connectivity index (χ2n) is 4.00. The van der Waals surface area contributed by atoms with E-state index in [4.69, 9.17) is 5.11 Å². The fourth-order valence-electron chi connectivity index (χ4n) is 1.54. The minimum atomic E-state index is 0.141. The van der Waals surface area contributed by atoms with E-state index in [1.807, 2.05) is 23.9 Å². The van der Waals surface area contributed by atoms with Crippen LogP contribution in [0.15, 0.2) is 12.3 Å². The zero-order valence-electron chi connectivity index (χ0n) is 8.48. The maximum Gasteiger partial charge on any atom is 0.0602 e. The number of nitrogens with one attached hydrogen (secondary N) is 1. The van der Waals surface area contributed by atoms with Gasteiger partial charge in [0.05, 0.1) is 24.9 Å². The first kappa shape index (κ1) is 9.68. The van der Waals surface area contributed by atoms with Gasteiger partial charge in [0.25, 0.3) is 0 Å². The van der Waals surface area contributed by atoms with E-state index in [0.29, 0.717) is 6.04 Å². The van der Waals surface area contributed by atoms with Gasteiger partial charge >= 0.3 is 0 Å². The van der Waals surface area contributed by atoms with Crippen molar-refractivity contribution in [3.63, 3.8) is 0 Å². The molecule has 2 N–H and O–H groups in total. The SMILES string of the molecule is Cc1ccn(CC(CO)NC2CC2)n1. The largest absolute Gasteiger partial charge is 0.395 e. The highest BCUT2D eigenvalue weighted by atomic mass is 16.3. The Hall–Kier alpha value is -0.870. The van der Waals surface area contributed by atoms with Crippen molar-refractivity contribution >= 4 is 0 Å². The molecular weight excluding hydrogens is 178 g/mol. The van der Waals surface area contributed by atoms with Gasteiger partial charge in [0.2, 0.25) is 0 Å². The predicted molar refractivity (Wildman–Crippen MR) is 54.0 cm³/mol. The van der Waals surface area contributed by atoms with Gasteiger partial charge in [-0.1, -0.05) is 0 Å². The minimum Gasteiger partial charge on any atom is -0.395 e. The molecule has 78 valence electrons. The first-order valence-corrected chi connectivity index (χ1v) is 5.15. The molecule has 1 atom stereocenters. The van der Waals surface area contributed by atoms with Gasteiger partial charge in [0.15, 0.2) is 0 Å². The average Bonchev–Trinajstić information content (AvgIpc) is 2.89. The van der Waals surface area contributed by atoms with Crippen LogP contribution in [0.1, 0.15) is 18.5 Å². The van der Waals surface area contributed by atoms with Crippen LogP contribution in [0, 0.1) is 6.92 Å². The fourth-order valence-corrected chi connectivity index (χ4v) is 1.54. The summed E-state index contributed by atoms with van der Waals surface area (Å²) in [6.07, 6.45) is 4.44. The second kappa shape index (κ2) is 4.11. The Kier molecular flexibility index (Phi) is 2.84. The summed E-state index contributed by atoms with van der Waals surface area (Å²) in [5, 5.41) is 16.8. The van der Waals surface area contributed by atoms with Crippen molar-refractivity contribution in [3.8, 4) is 0 Å². The summed E-state index contributed by atoms with van der Waals surface area (Å²) in [6.45, 7) is 2.90. The molecule has 4 nitrogen and oxygen atoms in total. The summed E-state index contributed by atoms with van der Waals surface area (Å²) in [7, 11) is 0. The summed E-state index contributed by atoms with van der Waals surface area (Å²) < 4.78 is 1.88. The van der Waals surface area contributed by atoms with Crippen LogP contribution in [-0.4, -0.2) is 33.6 Å². The lowest BCUT2D eigenvalue weighted by atomic mass is 10.3. The maximum absolute atomic E-state index is 9.17. The molecule has 14 heavy (non-hydrogen) atoms. The van der Waals surface area contributed by atoms with Gasteiger partial charge in [-0.05, 0) is 25.8 Å². The smallest absolute Gasteiger partial charge is 0.0602 e. The van der Waals surface area contributed by atoms with Crippen LogP contribution >= 0.6 is 0 Å². The summed E-state index contributed by atoms with van der Waals surface area (Å²) in [6, 6.07) is 2.75. The molecule has 1 aliphatic carbocycles. The molecule has 1 saturated carbocycles. The molecule has 1 fully saturated rings. The van der Waals surface area contributed by atoms with Crippen LogP contribution in [0.2, 0.25) is 0 Å². The number of nitrogens with zero attached hydrogens (tertiary/aromatic N) is 2. The third kappa shape index (κ3) is 2.56. The van der Waals surface area contributed by atoms with Crippen molar-refractivity contribution in [3.05, 3.63) is 18.0 Å². The quantitative estimate of drug-likeness (QED) is 0.710. The van der Waals surface area contributed by atoms with Gasteiger partial charge < -0.3 is 10.4 Å². The van der Waals surface area contributed by atoms with E-state index >= 15 is 0 Å². The second-order valence-corrected chi connectivity index (χ2v) is 4.00. The Bertz CT molecular complexity index is 293. The van der Waals surface area contributed by atoms with E-state index in [-0.39, 0.29) is 12.6 Å². The van der Waals surface area contributed by atoms with Crippen LogP contribution in [0.4, 0.5) is 0 Å². The molecule has 0 bridgehead atoms. The van der Waals surface area contributed by atoms with Crippen molar-refractivity contribution in [1.29, 1.82) is 0 Å². The molecule has 0 amide bonds. The Balaban J connectivity index is 1.86. The number of hydrogen-bond donors (Lipinski definition) is 2. The zero-order valence-corrected chi connectivity index (χ0v) is 8.48. The molecular formula is C10H17N3O. The Morgan fingerprint density at radius 3 is 3.00 bits per heavy atom. The Morgan fingerprint density at radius 2 is 2.50 bits per heavy atom. The van der Waals surface area contributed by atoms with Gasteiger partial charge in [-0.3, -0.25) is 4.68 Å². The number of rotatable bonds is 5. The molecule has 1 heterocycles. The third-order valence-corrected chi connectivity index (χ3v) is 2.45. The fraction of sp³-hybridized carbons (Fsp3) is 0.700. The average molecular weight is 195 g/mol. The van der Waals surface area contributed by atoms with Gasteiger partial charge in [0, 0.05) is 12.2 Å². The van der Waals surface area contributed by atoms with Crippen LogP contribution in [-0.2, 0) is 6.54 Å². The Labute approximate surface area is 83.9 Å². The molecule has 0 saturated heterocycles. The van der Waals surface area contributed by atoms with Gasteiger partial charge in [-0.15, -0.1) is 0 Å². The molecule has 2 rings (SSSR count). The van der Waals surface area contributed by atoms with Crippen molar-refractivity contribution in [1.82, 2.24) is 15.1 Å². The molecule has 0 aromatic carbocycles. The highest BCUT2D eigenvalue weighted by Gasteiger charge is 2.24. The Morgan fingerprint density at radius 1 is 1.71 bits per heavy atom. The number of aryl methyl sites for hydroxylation is 1. The minimum absolute atomic E-state index is 0.141. The van der Waals surface area contributed by atoms with Crippen molar-refractivity contribution < 1.29 is 5.11 Å². The zero-order chi connectivity index (χ0) is 9.97. The molecule has 1 aromatic heterocycles. The summed E-state index contributed by atoms with van der Waals surface area (Å²) in [5.41, 5.74) is 1.02. The van der Waals surface area contributed by atoms with E-state index in [1.54, 1.807) is 0 Å². The molecule has 0 spiro atoms. The van der Waals surface area contributed by atoms with Gasteiger partial charge in [0.1, 0.15) is 0 Å². The van der Waals surface area contributed by atoms with Crippen molar-refractivity contribution in [2.45, 2.75) is 38.4 Å². The van der Waals surface area contributed by atoms with E-state index in [9.17, 15) is 0 Å². The first-order valence-electron chi connectivity index (χ1n) is 5.15. The normalized spacial score (nSPS) is 18.4. The number of aliphatic hydroxyl groups excluding tert-OH is 1. The molecule has 0 aliphatic heterocycles. The first-order chi connectivity index (χ1) is 6.78. The molecule has 1 unspecified atom stereocenters. The van der Waals surface area contributed by atoms with Crippen molar-refractivity contribution in [2.75, 3.05) is 6.61 Å². The number of aliphatic hydroxyl groups is 1. The lowest BCUT2D eigenvalue weighted by molar-refractivity contribution is 0.224. The summed E-state index contributed by atoms with van der Waals surface area (Å²) >= 11 is 0. The van der Waals surface area contributed by atoms with Crippen LogP contribution in [0.25, 0.3) is 0 Å². The predicted octanol–water partition coefficient (Wildman–Crippen LogP) is 0.304. The van der Waals surface area contributed by atoms with Crippen molar-refractivity contribution in [2.24, 2.45) is 0 Å². The van der Waals surface area contributed by atoms with E-state index in [0.717, 1.165) is 12.2 Å². The van der Waals surface area contributed by atoms with Crippen LogP contribution in [0.3, 0.4) is 0 Å². The lowest BCUT2D eigenvalue weighted by Crippen LogP contribution is -2.37. The van der Waals surface area contributed by atoms with Gasteiger partial charge in [-0.2, -0.15) is 5.10 Å². The van der Waals surface area contributed by atoms with E-state index in [2.05, 4.69) is 10.4 Å². The maximum atomic E-state index is 9.17. The third-order valence-electron chi connectivity index (χ3n) is 2.45. The topological polar surface area (TPSA) is 50.1 Å². The highest BCUT2D eigenvalue weighted by Crippen LogP contribution is 2.19. The highest BCUT2D eigenvalue weighted by molar-refractivity contribution is 4.95. The monoisotopic (exact) mass is 195 g/mol. The lowest BCUT2D eigenvalue weighted by Gasteiger charge is -2.15. The standard InChI is InChI=1S/C10H17N3O/c1-8-4-5-13(12-8)6-10(7-14)11-9-2-3-9/h4-5,9-11,14H,2-3,6-7H2,1H3. The van der Waals surface area contributed by atoms with Crippen LogP contribution < -0.4 is 5.32 Å².